The van der Waals surface area contributed by atoms with Gasteiger partial charge >= 0.3 is 0 Å². The van der Waals surface area contributed by atoms with E-state index < -0.39 is 0 Å². The average molecular weight is 280 g/mol. The van der Waals surface area contributed by atoms with Gasteiger partial charge in [-0.2, -0.15) is 4.98 Å². The van der Waals surface area contributed by atoms with E-state index in [4.69, 9.17) is 10.5 Å². The summed E-state index contributed by atoms with van der Waals surface area (Å²) in [6.07, 6.45) is 0. The molecule has 0 aliphatic carbocycles. The van der Waals surface area contributed by atoms with Crippen LogP contribution in [0.5, 0.6) is 0 Å². The second kappa shape index (κ2) is 6.16. The lowest BCUT2D eigenvalue weighted by molar-refractivity contribution is 0.204. The number of aromatic nitrogens is 2. The van der Waals surface area contributed by atoms with Gasteiger partial charge in [0.05, 0.1) is 12.0 Å². The largest absolute Gasteiger partial charge is 0.383 e. The maximum absolute atomic E-state index is 5.81. The molecular weight excluding hydrogens is 260 g/mol. The molecule has 2 heterocycles. The summed E-state index contributed by atoms with van der Waals surface area (Å²) in [5, 5.41) is 3.09. The van der Waals surface area contributed by atoms with E-state index in [0.29, 0.717) is 18.5 Å². The molecule has 6 heteroatoms. The van der Waals surface area contributed by atoms with Gasteiger partial charge in [-0.1, -0.05) is 13.8 Å². The Kier molecular flexibility index (Phi) is 4.55. The predicted octanol–water partition coefficient (Wildman–Crippen LogP) is 2.38. The SMILES string of the molecule is COCCN(CC(C)C)c1nc(N)nc2sccc12. The zero-order chi connectivity index (χ0) is 13.8. The number of hydrogen-bond acceptors (Lipinski definition) is 6. The Hall–Kier alpha value is -1.40. The molecule has 2 N–H and O–H groups in total. The van der Waals surface area contributed by atoms with Crippen LogP contribution in [-0.4, -0.2) is 36.8 Å². The number of ether oxygens (including phenoxy) is 1. The summed E-state index contributed by atoms with van der Waals surface area (Å²) in [7, 11) is 1.71. The van der Waals surface area contributed by atoms with Crippen molar-refractivity contribution in [3.05, 3.63) is 11.4 Å². The van der Waals surface area contributed by atoms with E-state index >= 15 is 0 Å². The molecule has 0 saturated carbocycles. The molecule has 0 aromatic carbocycles. The molecule has 0 atom stereocenters. The first kappa shape index (κ1) is 14.0. The van der Waals surface area contributed by atoms with Gasteiger partial charge in [0.15, 0.2) is 0 Å². The van der Waals surface area contributed by atoms with Crippen LogP contribution in [0.4, 0.5) is 11.8 Å². The highest BCUT2D eigenvalue weighted by molar-refractivity contribution is 7.16. The van der Waals surface area contributed by atoms with E-state index in [0.717, 1.165) is 29.1 Å². The first-order chi connectivity index (χ1) is 9.11. The molecule has 0 unspecified atom stereocenters. The number of methoxy groups -OCH3 is 1. The van der Waals surface area contributed by atoms with E-state index in [1.54, 1.807) is 18.4 Å². The van der Waals surface area contributed by atoms with Gasteiger partial charge in [0.1, 0.15) is 10.6 Å². The van der Waals surface area contributed by atoms with Gasteiger partial charge in [0.2, 0.25) is 5.95 Å². The van der Waals surface area contributed by atoms with Crippen LogP contribution in [0, 0.1) is 5.92 Å². The Morgan fingerprint density at radius 1 is 1.42 bits per heavy atom. The Bertz CT molecular complexity index is 540. The number of rotatable bonds is 6. The maximum Gasteiger partial charge on any atom is 0.223 e. The highest BCUT2D eigenvalue weighted by atomic mass is 32.1. The van der Waals surface area contributed by atoms with Crippen LogP contribution < -0.4 is 10.6 Å². The molecule has 5 nitrogen and oxygen atoms in total. The summed E-state index contributed by atoms with van der Waals surface area (Å²) in [5.41, 5.74) is 5.81. The Morgan fingerprint density at radius 3 is 2.89 bits per heavy atom. The van der Waals surface area contributed by atoms with Crippen LogP contribution in [0.15, 0.2) is 11.4 Å². The minimum atomic E-state index is 0.330. The normalized spacial score (nSPS) is 11.4. The van der Waals surface area contributed by atoms with Gasteiger partial charge < -0.3 is 15.4 Å². The minimum absolute atomic E-state index is 0.330. The summed E-state index contributed by atoms with van der Waals surface area (Å²) >= 11 is 1.59. The quantitative estimate of drug-likeness (QED) is 0.880. The van der Waals surface area contributed by atoms with Gasteiger partial charge in [-0.25, -0.2) is 4.98 Å². The smallest absolute Gasteiger partial charge is 0.223 e. The van der Waals surface area contributed by atoms with Crippen molar-refractivity contribution in [1.82, 2.24) is 9.97 Å². The molecule has 0 aliphatic heterocycles. The molecule has 0 spiro atoms. The van der Waals surface area contributed by atoms with Crippen molar-refractivity contribution in [2.45, 2.75) is 13.8 Å². The number of nitrogens with zero attached hydrogens (tertiary/aromatic N) is 3. The number of hydrogen-bond donors (Lipinski definition) is 1. The molecule has 2 rings (SSSR count). The molecular formula is C13H20N4OS. The lowest BCUT2D eigenvalue weighted by atomic mass is 10.2. The number of nitrogens with two attached hydrogens (primary N) is 1. The van der Waals surface area contributed by atoms with Crippen molar-refractivity contribution in [3.8, 4) is 0 Å². The number of thiophene rings is 1. The Labute approximate surface area is 117 Å². The summed E-state index contributed by atoms with van der Waals surface area (Å²) in [5.74, 6) is 1.78. The van der Waals surface area contributed by atoms with Crippen molar-refractivity contribution in [3.63, 3.8) is 0 Å². The molecule has 19 heavy (non-hydrogen) atoms. The van der Waals surface area contributed by atoms with Gasteiger partial charge in [0.25, 0.3) is 0 Å². The van der Waals surface area contributed by atoms with Gasteiger partial charge in [0, 0.05) is 20.2 Å². The topological polar surface area (TPSA) is 64.3 Å². The average Bonchev–Trinajstić information content (AvgIpc) is 2.80. The third-order valence-corrected chi connectivity index (χ3v) is 3.58. The van der Waals surface area contributed by atoms with E-state index in [1.807, 2.05) is 5.38 Å². The zero-order valence-corrected chi connectivity index (χ0v) is 12.4. The van der Waals surface area contributed by atoms with E-state index in [9.17, 15) is 0 Å². The van der Waals surface area contributed by atoms with Gasteiger partial charge in [-0.05, 0) is 17.4 Å². The molecule has 104 valence electrons. The highest BCUT2D eigenvalue weighted by Crippen LogP contribution is 2.28. The van der Waals surface area contributed by atoms with Crippen LogP contribution in [0.3, 0.4) is 0 Å². The van der Waals surface area contributed by atoms with Crippen LogP contribution in [-0.2, 0) is 4.74 Å². The summed E-state index contributed by atoms with van der Waals surface area (Å²) in [6, 6.07) is 2.05. The fourth-order valence-corrected chi connectivity index (χ4v) is 2.79. The number of nitrogen functional groups attached to an aromatic ring is 1. The zero-order valence-electron chi connectivity index (χ0n) is 11.6. The summed E-state index contributed by atoms with van der Waals surface area (Å²) in [4.78, 5) is 11.9. The van der Waals surface area contributed by atoms with Crippen molar-refractivity contribution in [2.75, 3.05) is 37.4 Å². The lowest BCUT2D eigenvalue weighted by Gasteiger charge is -2.26. The van der Waals surface area contributed by atoms with Crippen LogP contribution in [0.2, 0.25) is 0 Å². The van der Waals surface area contributed by atoms with Crippen molar-refractivity contribution < 1.29 is 4.74 Å². The minimum Gasteiger partial charge on any atom is -0.383 e. The van der Waals surface area contributed by atoms with Gasteiger partial charge in [-0.15, -0.1) is 11.3 Å². The molecule has 0 aliphatic rings. The fourth-order valence-electron chi connectivity index (χ4n) is 2.02. The fraction of sp³-hybridized carbons (Fsp3) is 0.538. The number of anilines is 2. The van der Waals surface area contributed by atoms with Gasteiger partial charge in [-0.3, -0.25) is 0 Å². The molecule has 0 radical (unpaired) electrons. The second-order valence-corrected chi connectivity index (χ2v) is 5.77. The highest BCUT2D eigenvalue weighted by Gasteiger charge is 2.15. The van der Waals surface area contributed by atoms with Crippen LogP contribution in [0.1, 0.15) is 13.8 Å². The predicted molar refractivity (Wildman–Crippen MR) is 80.8 cm³/mol. The maximum atomic E-state index is 5.81. The molecule has 0 bridgehead atoms. The van der Waals surface area contributed by atoms with E-state index in [2.05, 4.69) is 34.8 Å². The summed E-state index contributed by atoms with van der Waals surface area (Å²) < 4.78 is 5.19. The molecule has 0 amide bonds. The Morgan fingerprint density at radius 2 is 2.21 bits per heavy atom. The first-order valence-corrected chi connectivity index (χ1v) is 7.24. The first-order valence-electron chi connectivity index (χ1n) is 6.36. The van der Waals surface area contributed by atoms with Crippen molar-refractivity contribution in [2.24, 2.45) is 5.92 Å². The third-order valence-electron chi connectivity index (χ3n) is 2.77. The second-order valence-electron chi connectivity index (χ2n) is 4.88. The van der Waals surface area contributed by atoms with Crippen molar-refractivity contribution >= 4 is 33.3 Å². The third kappa shape index (κ3) is 3.33. The lowest BCUT2D eigenvalue weighted by Crippen LogP contribution is -2.32. The monoisotopic (exact) mass is 280 g/mol. The molecule has 2 aromatic heterocycles. The van der Waals surface area contributed by atoms with E-state index in [-0.39, 0.29) is 0 Å². The summed E-state index contributed by atoms with van der Waals surface area (Å²) in [6.45, 7) is 6.77. The number of fused-ring (bicyclic) bond motifs is 1. The molecule has 0 fully saturated rings. The molecule has 2 aromatic rings. The van der Waals surface area contributed by atoms with Crippen LogP contribution in [0.25, 0.3) is 10.2 Å². The van der Waals surface area contributed by atoms with E-state index in [1.165, 1.54) is 0 Å². The standard InChI is InChI=1S/C13H20N4OS/c1-9(2)8-17(5-6-18-3)11-10-4-7-19-12(10)16-13(14)15-11/h4,7,9H,5-6,8H2,1-3H3,(H2,14,15,16). The molecule has 0 saturated heterocycles. The Balaban J connectivity index is 2.38. The van der Waals surface area contributed by atoms with Crippen molar-refractivity contribution in [1.29, 1.82) is 0 Å². The van der Waals surface area contributed by atoms with Crippen LogP contribution >= 0.6 is 11.3 Å².